The third kappa shape index (κ3) is 4.37. The van der Waals surface area contributed by atoms with Crippen molar-refractivity contribution in [2.75, 3.05) is 20.3 Å². The molecule has 0 aliphatic carbocycles. The van der Waals surface area contributed by atoms with Crippen LogP contribution in [0.2, 0.25) is 0 Å². The zero-order valence-corrected chi connectivity index (χ0v) is 18.7. The summed E-state index contributed by atoms with van der Waals surface area (Å²) in [5.41, 5.74) is 2.48. The predicted molar refractivity (Wildman–Crippen MR) is 118 cm³/mol. The first-order chi connectivity index (χ1) is 15.2. The minimum absolute atomic E-state index is 0.0880. The van der Waals surface area contributed by atoms with Crippen LogP contribution in [0.5, 0.6) is 5.75 Å². The molecule has 0 radical (unpaired) electrons. The van der Waals surface area contributed by atoms with Gasteiger partial charge in [0.2, 0.25) is 0 Å². The molecule has 0 spiro atoms. The van der Waals surface area contributed by atoms with Gasteiger partial charge in [0.15, 0.2) is 0 Å². The van der Waals surface area contributed by atoms with Crippen LogP contribution in [-0.2, 0) is 14.3 Å². The van der Waals surface area contributed by atoms with Gasteiger partial charge in [0, 0.05) is 23.5 Å². The summed E-state index contributed by atoms with van der Waals surface area (Å²) in [4.78, 5) is 48.3. The lowest BCUT2D eigenvalue weighted by atomic mass is 10.2. The van der Waals surface area contributed by atoms with Gasteiger partial charge < -0.3 is 14.0 Å². The summed E-state index contributed by atoms with van der Waals surface area (Å²) >= 11 is 0.738. The van der Waals surface area contributed by atoms with Gasteiger partial charge in [-0.3, -0.25) is 29.4 Å². The van der Waals surface area contributed by atoms with E-state index in [9.17, 15) is 24.5 Å². The average Bonchev–Trinajstić information content (AvgIpc) is 3.17. The Bertz CT molecular complexity index is 1150. The molecule has 1 fully saturated rings. The number of benzene rings is 1. The Morgan fingerprint density at radius 3 is 2.59 bits per heavy atom. The minimum Gasteiger partial charge on any atom is -0.495 e. The van der Waals surface area contributed by atoms with E-state index < -0.39 is 28.6 Å². The number of non-ortho nitro benzene ring substituents is 1. The van der Waals surface area contributed by atoms with E-state index in [1.807, 2.05) is 6.92 Å². The fourth-order valence-electron chi connectivity index (χ4n) is 3.38. The number of nitro groups is 1. The van der Waals surface area contributed by atoms with Crippen molar-refractivity contribution in [3.05, 3.63) is 56.2 Å². The molecule has 1 aliphatic heterocycles. The number of thioether (sulfide) groups is 1. The fraction of sp³-hybridized carbons (Fsp3) is 0.286. The molecule has 2 amide bonds. The number of hydrogen-bond acceptors (Lipinski definition) is 8. The number of ether oxygens (including phenoxy) is 2. The third-order valence-electron chi connectivity index (χ3n) is 4.84. The van der Waals surface area contributed by atoms with E-state index in [0.29, 0.717) is 22.7 Å². The molecule has 1 saturated heterocycles. The van der Waals surface area contributed by atoms with E-state index in [1.54, 1.807) is 30.6 Å². The number of nitro benzene ring substituents is 1. The summed E-state index contributed by atoms with van der Waals surface area (Å²) in [5.74, 6) is -0.795. The van der Waals surface area contributed by atoms with Crippen LogP contribution < -0.4 is 4.74 Å². The van der Waals surface area contributed by atoms with Gasteiger partial charge in [-0.2, -0.15) is 0 Å². The first-order valence-electron chi connectivity index (χ1n) is 9.60. The SMILES string of the molecule is CCOC(=O)CN1C(=O)S/C(=C\c2cc(C)n(-c3cc([N+](=O)[O-])ccc3OC)c2C)C1=O. The maximum Gasteiger partial charge on any atom is 0.326 e. The van der Waals surface area contributed by atoms with Crippen molar-refractivity contribution in [3.8, 4) is 11.4 Å². The normalized spacial score (nSPS) is 14.9. The summed E-state index contributed by atoms with van der Waals surface area (Å²) in [6, 6.07) is 6.09. The number of carbonyl (C=O) groups excluding carboxylic acids is 3. The number of hydrogen-bond donors (Lipinski definition) is 0. The van der Waals surface area contributed by atoms with Crippen LogP contribution in [0.3, 0.4) is 0 Å². The topological polar surface area (TPSA) is 121 Å². The van der Waals surface area contributed by atoms with Crippen LogP contribution >= 0.6 is 11.8 Å². The average molecular weight is 459 g/mol. The zero-order chi connectivity index (χ0) is 23.6. The molecule has 2 heterocycles. The number of esters is 1. The van der Waals surface area contributed by atoms with Gasteiger partial charge in [0.25, 0.3) is 16.8 Å². The zero-order valence-electron chi connectivity index (χ0n) is 17.9. The molecule has 0 unspecified atom stereocenters. The van der Waals surface area contributed by atoms with Gasteiger partial charge in [-0.05, 0) is 56.3 Å². The van der Waals surface area contributed by atoms with Crippen molar-refractivity contribution >= 4 is 40.6 Å². The Hall–Kier alpha value is -3.60. The van der Waals surface area contributed by atoms with Gasteiger partial charge in [-0.15, -0.1) is 0 Å². The van der Waals surface area contributed by atoms with Crippen molar-refractivity contribution in [1.29, 1.82) is 0 Å². The Morgan fingerprint density at radius 2 is 1.97 bits per heavy atom. The van der Waals surface area contributed by atoms with E-state index in [0.717, 1.165) is 22.4 Å². The molecular weight excluding hydrogens is 438 g/mol. The van der Waals surface area contributed by atoms with Gasteiger partial charge in [0.05, 0.1) is 29.2 Å². The first kappa shape index (κ1) is 23.1. The van der Waals surface area contributed by atoms with E-state index >= 15 is 0 Å². The number of amides is 2. The van der Waals surface area contributed by atoms with Crippen molar-refractivity contribution in [2.24, 2.45) is 0 Å². The Labute approximate surface area is 187 Å². The number of rotatable bonds is 7. The highest BCUT2D eigenvalue weighted by Crippen LogP contribution is 2.35. The molecule has 11 heteroatoms. The smallest absolute Gasteiger partial charge is 0.326 e. The van der Waals surface area contributed by atoms with Gasteiger partial charge >= 0.3 is 5.97 Å². The minimum atomic E-state index is -0.660. The number of nitrogens with zero attached hydrogens (tertiary/aromatic N) is 3. The molecule has 0 bridgehead atoms. The molecule has 0 atom stereocenters. The molecule has 10 nitrogen and oxygen atoms in total. The van der Waals surface area contributed by atoms with E-state index in [1.165, 1.54) is 25.3 Å². The molecule has 168 valence electrons. The molecule has 1 aromatic carbocycles. The number of methoxy groups -OCH3 is 1. The summed E-state index contributed by atoms with van der Waals surface area (Å²) in [5, 5.41) is 10.7. The number of carbonyl (C=O) groups is 3. The van der Waals surface area contributed by atoms with Gasteiger partial charge in [-0.25, -0.2) is 0 Å². The highest BCUT2D eigenvalue weighted by atomic mass is 32.2. The van der Waals surface area contributed by atoms with E-state index in [2.05, 4.69) is 0 Å². The molecule has 0 N–H and O–H groups in total. The van der Waals surface area contributed by atoms with Gasteiger partial charge in [-0.1, -0.05) is 0 Å². The van der Waals surface area contributed by atoms with Crippen molar-refractivity contribution in [3.63, 3.8) is 0 Å². The second-order valence-electron chi connectivity index (χ2n) is 6.85. The summed E-state index contributed by atoms with van der Waals surface area (Å²) in [7, 11) is 1.47. The predicted octanol–water partition coefficient (Wildman–Crippen LogP) is 3.61. The van der Waals surface area contributed by atoms with Crippen LogP contribution in [0.15, 0.2) is 29.2 Å². The summed E-state index contributed by atoms with van der Waals surface area (Å²) < 4.78 is 12.0. The molecule has 3 rings (SSSR count). The number of aryl methyl sites for hydroxylation is 1. The number of aromatic nitrogens is 1. The standard InChI is InChI=1S/C21H21N3O7S/c1-5-31-19(25)11-22-20(26)18(32-21(22)27)9-14-8-12(2)23(13(14)3)16-10-15(24(28)29)6-7-17(16)30-4/h6-10H,5,11H2,1-4H3/b18-9-. The first-order valence-corrected chi connectivity index (χ1v) is 10.4. The largest absolute Gasteiger partial charge is 0.495 e. The maximum absolute atomic E-state index is 12.7. The van der Waals surface area contributed by atoms with Crippen molar-refractivity contribution < 1.29 is 28.8 Å². The summed E-state index contributed by atoms with van der Waals surface area (Å²) in [6.45, 7) is 4.95. The van der Waals surface area contributed by atoms with Crippen LogP contribution in [-0.4, -0.2) is 51.8 Å². The molecular formula is C21H21N3O7S. The lowest BCUT2D eigenvalue weighted by molar-refractivity contribution is -0.384. The van der Waals surface area contributed by atoms with Crippen LogP contribution in [0.4, 0.5) is 10.5 Å². The maximum atomic E-state index is 12.7. The lowest BCUT2D eigenvalue weighted by Crippen LogP contribution is -2.34. The Kier molecular flexibility index (Phi) is 6.68. The highest BCUT2D eigenvalue weighted by Gasteiger charge is 2.37. The van der Waals surface area contributed by atoms with E-state index in [4.69, 9.17) is 9.47 Å². The third-order valence-corrected chi connectivity index (χ3v) is 5.74. The quantitative estimate of drug-likeness (QED) is 0.266. The molecule has 1 aliphatic rings. The molecule has 2 aromatic rings. The molecule has 0 saturated carbocycles. The Morgan fingerprint density at radius 1 is 1.25 bits per heavy atom. The monoisotopic (exact) mass is 459 g/mol. The lowest BCUT2D eigenvalue weighted by Gasteiger charge is -2.14. The number of imide groups is 1. The van der Waals surface area contributed by atoms with Crippen molar-refractivity contribution in [1.82, 2.24) is 9.47 Å². The highest BCUT2D eigenvalue weighted by molar-refractivity contribution is 8.18. The molecule has 1 aromatic heterocycles. The second-order valence-corrected chi connectivity index (χ2v) is 7.84. The van der Waals surface area contributed by atoms with Crippen molar-refractivity contribution in [2.45, 2.75) is 20.8 Å². The van der Waals surface area contributed by atoms with Crippen LogP contribution in [0.25, 0.3) is 11.8 Å². The van der Waals surface area contributed by atoms with Gasteiger partial charge in [0.1, 0.15) is 12.3 Å². The fourth-order valence-corrected chi connectivity index (χ4v) is 4.21. The van der Waals surface area contributed by atoms with Crippen LogP contribution in [0.1, 0.15) is 23.9 Å². The van der Waals surface area contributed by atoms with Crippen LogP contribution in [0, 0.1) is 24.0 Å². The van der Waals surface area contributed by atoms with E-state index in [-0.39, 0.29) is 17.2 Å². The molecule has 32 heavy (non-hydrogen) atoms. The second kappa shape index (κ2) is 9.27. The summed E-state index contributed by atoms with van der Waals surface area (Å²) in [6.07, 6.45) is 1.57. The Balaban J connectivity index is 1.99.